The summed E-state index contributed by atoms with van der Waals surface area (Å²) in [6.45, 7) is 0. The quantitative estimate of drug-likeness (QED) is 0.567. The first kappa shape index (κ1) is 8.72. The lowest BCUT2D eigenvalue weighted by Crippen LogP contribution is -1.82. The van der Waals surface area contributed by atoms with E-state index in [2.05, 4.69) is 12.6 Å². The second-order valence-electron chi connectivity index (χ2n) is 2.61. The molecule has 4 heteroatoms. The molecular formula is C9H5FOS2. The maximum absolute atomic E-state index is 13.0. The summed E-state index contributed by atoms with van der Waals surface area (Å²) in [7, 11) is 0. The molecule has 13 heavy (non-hydrogen) atoms. The smallest absolute Gasteiger partial charge is 0.151 e. The third kappa shape index (κ3) is 1.36. The van der Waals surface area contributed by atoms with Gasteiger partial charge in [-0.05, 0) is 12.1 Å². The van der Waals surface area contributed by atoms with Gasteiger partial charge in [0.05, 0.1) is 0 Å². The summed E-state index contributed by atoms with van der Waals surface area (Å²) in [6.07, 6.45) is 0.662. The van der Waals surface area contributed by atoms with Crippen LogP contribution in [0.25, 0.3) is 10.1 Å². The Morgan fingerprint density at radius 1 is 1.46 bits per heavy atom. The Morgan fingerprint density at radius 3 is 2.92 bits per heavy atom. The van der Waals surface area contributed by atoms with Crippen LogP contribution < -0.4 is 0 Å². The molecule has 0 radical (unpaired) electrons. The summed E-state index contributed by atoms with van der Waals surface area (Å²) in [5.74, 6) is -0.400. The maximum atomic E-state index is 13.0. The molecule has 0 fully saturated rings. The van der Waals surface area contributed by atoms with Crippen molar-refractivity contribution in [2.75, 3.05) is 0 Å². The van der Waals surface area contributed by atoms with Crippen LogP contribution in [0.5, 0.6) is 0 Å². The highest BCUT2D eigenvalue weighted by atomic mass is 32.1. The SMILES string of the molecule is O=Cc1cc(F)cc2c(S)csc12. The number of halogens is 1. The lowest BCUT2D eigenvalue weighted by atomic mass is 10.2. The first-order valence-electron chi connectivity index (χ1n) is 3.57. The lowest BCUT2D eigenvalue weighted by Gasteiger charge is -1.95. The van der Waals surface area contributed by atoms with Gasteiger partial charge in [0.25, 0.3) is 0 Å². The number of fused-ring (bicyclic) bond motifs is 1. The van der Waals surface area contributed by atoms with Crippen molar-refractivity contribution >= 4 is 40.3 Å². The van der Waals surface area contributed by atoms with Gasteiger partial charge >= 0.3 is 0 Å². The van der Waals surface area contributed by atoms with Gasteiger partial charge in [0, 0.05) is 25.9 Å². The molecule has 66 valence electrons. The fraction of sp³-hybridized carbons (Fsp3) is 0. The molecule has 0 saturated heterocycles. The third-order valence-corrected chi connectivity index (χ3v) is 3.36. The van der Waals surface area contributed by atoms with E-state index in [0.29, 0.717) is 22.1 Å². The van der Waals surface area contributed by atoms with Crippen molar-refractivity contribution in [3.63, 3.8) is 0 Å². The molecule has 0 N–H and O–H groups in total. The predicted molar refractivity (Wildman–Crippen MR) is 54.4 cm³/mol. The molecule has 2 aromatic rings. The van der Waals surface area contributed by atoms with Crippen molar-refractivity contribution in [3.05, 3.63) is 28.9 Å². The zero-order chi connectivity index (χ0) is 9.42. The summed E-state index contributed by atoms with van der Waals surface area (Å²) in [5.41, 5.74) is 0.389. The molecule has 0 atom stereocenters. The molecule has 0 aliphatic carbocycles. The summed E-state index contributed by atoms with van der Waals surface area (Å²) < 4.78 is 13.7. The second kappa shape index (κ2) is 3.12. The normalized spacial score (nSPS) is 10.6. The first-order valence-corrected chi connectivity index (χ1v) is 4.90. The van der Waals surface area contributed by atoms with Crippen LogP contribution in [0, 0.1) is 5.82 Å². The van der Waals surface area contributed by atoms with E-state index in [1.54, 1.807) is 5.38 Å². The van der Waals surface area contributed by atoms with E-state index in [1.165, 1.54) is 23.5 Å². The Hall–Kier alpha value is -0.870. The van der Waals surface area contributed by atoms with Crippen LogP contribution in [0.1, 0.15) is 10.4 Å². The highest BCUT2D eigenvalue weighted by Gasteiger charge is 2.07. The van der Waals surface area contributed by atoms with Crippen molar-refractivity contribution in [3.8, 4) is 0 Å². The summed E-state index contributed by atoms with van der Waals surface area (Å²) in [4.78, 5) is 11.3. The molecule has 0 bridgehead atoms. The van der Waals surface area contributed by atoms with Crippen LogP contribution in [-0.2, 0) is 0 Å². The van der Waals surface area contributed by atoms with E-state index in [1.807, 2.05) is 0 Å². The van der Waals surface area contributed by atoms with Gasteiger partial charge in [-0.25, -0.2) is 4.39 Å². The number of aldehydes is 1. The number of thiol groups is 1. The minimum absolute atomic E-state index is 0.389. The van der Waals surface area contributed by atoms with Gasteiger partial charge in [0.2, 0.25) is 0 Å². The molecule has 0 aliphatic heterocycles. The van der Waals surface area contributed by atoms with Gasteiger partial charge in [-0.2, -0.15) is 0 Å². The van der Waals surface area contributed by atoms with Crippen molar-refractivity contribution in [1.29, 1.82) is 0 Å². The van der Waals surface area contributed by atoms with E-state index in [0.717, 1.165) is 4.70 Å². The van der Waals surface area contributed by atoms with E-state index in [-0.39, 0.29) is 0 Å². The van der Waals surface area contributed by atoms with Gasteiger partial charge in [-0.15, -0.1) is 24.0 Å². The predicted octanol–water partition coefficient (Wildman–Crippen LogP) is 3.14. The Labute approximate surface area is 83.6 Å². The van der Waals surface area contributed by atoms with Gasteiger partial charge < -0.3 is 0 Å². The number of hydrogen-bond donors (Lipinski definition) is 1. The minimum atomic E-state index is -0.400. The number of carbonyl (C=O) groups is 1. The number of carbonyl (C=O) groups excluding carboxylic acids is 1. The molecule has 0 aliphatic rings. The summed E-state index contributed by atoms with van der Waals surface area (Å²) in [5, 5.41) is 2.50. The minimum Gasteiger partial charge on any atom is -0.298 e. The molecule has 1 aromatic heterocycles. The Balaban J connectivity index is 2.91. The molecule has 0 unspecified atom stereocenters. The number of benzene rings is 1. The summed E-state index contributed by atoms with van der Waals surface area (Å²) >= 11 is 5.56. The largest absolute Gasteiger partial charge is 0.298 e. The van der Waals surface area contributed by atoms with Gasteiger partial charge in [0.1, 0.15) is 5.82 Å². The third-order valence-electron chi connectivity index (χ3n) is 1.77. The van der Waals surface area contributed by atoms with Crippen molar-refractivity contribution in [2.24, 2.45) is 0 Å². The van der Waals surface area contributed by atoms with Crippen LogP contribution in [-0.4, -0.2) is 6.29 Å². The van der Waals surface area contributed by atoms with Crippen molar-refractivity contribution < 1.29 is 9.18 Å². The van der Waals surface area contributed by atoms with Crippen LogP contribution in [0.3, 0.4) is 0 Å². The van der Waals surface area contributed by atoms with E-state index in [4.69, 9.17) is 0 Å². The van der Waals surface area contributed by atoms with E-state index < -0.39 is 5.82 Å². The number of thiophene rings is 1. The average Bonchev–Trinajstić information content (AvgIpc) is 2.47. The average molecular weight is 212 g/mol. The summed E-state index contributed by atoms with van der Waals surface area (Å²) in [6, 6.07) is 2.63. The van der Waals surface area contributed by atoms with Crippen molar-refractivity contribution in [1.82, 2.24) is 0 Å². The monoisotopic (exact) mass is 212 g/mol. The Bertz CT molecular complexity index is 476. The van der Waals surface area contributed by atoms with Crippen LogP contribution in [0.2, 0.25) is 0 Å². The van der Waals surface area contributed by atoms with Gasteiger partial charge in [-0.3, -0.25) is 4.79 Å². The van der Waals surface area contributed by atoms with Crippen LogP contribution in [0.15, 0.2) is 22.4 Å². The fourth-order valence-electron chi connectivity index (χ4n) is 1.20. The molecule has 1 nitrogen and oxygen atoms in total. The second-order valence-corrected chi connectivity index (χ2v) is 3.97. The highest BCUT2D eigenvalue weighted by Crippen LogP contribution is 2.31. The van der Waals surface area contributed by atoms with Crippen molar-refractivity contribution in [2.45, 2.75) is 4.90 Å². The first-order chi connectivity index (χ1) is 6.22. The number of rotatable bonds is 1. The zero-order valence-electron chi connectivity index (χ0n) is 6.45. The lowest BCUT2D eigenvalue weighted by molar-refractivity contribution is 0.112. The molecule has 0 spiro atoms. The van der Waals surface area contributed by atoms with Crippen LogP contribution in [0.4, 0.5) is 4.39 Å². The molecular weight excluding hydrogens is 207 g/mol. The zero-order valence-corrected chi connectivity index (χ0v) is 8.16. The molecule has 0 saturated carbocycles. The Morgan fingerprint density at radius 2 is 2.23 bits per heavy atom. The topological polar surface area (TPSA) is 17.1 Å². The fourth-order valence-corrected chi connectivity index (χ4v) is 2.51. The van der Waals surface area contributed by atoms with Gasteiger partial charge in [0.15, 0.2) is 6.29 Å². The standard InChI is InChI=1S/C9H5FOS2/c10-6-1-5(3-11)9-7(2-6)8(12)4-13-9/h1-4,12H. The van der Waals surface area contributed by atoms with Crippen LogP contribution >= 0.6 is 24.0 Å². The molecule has 0 amide bonds. The highest BCUT2D eigenvalue weighted by molar-refractivity contribution is 7.80. The molecule has 2 rings (SSSR count). The maximum Gasteiger partial charge on any atom is 0.151 e. The Kier molecular flexibility index (Phi) is 2.09. The van der Waals surface area contributed by atoms with Gasteiger partial charge in [-0.1, -0.05) is 0 Å². The van der Waals surface area contributed by atoms with E-state index >= 15 is 0 Å². The molecule has 1 aromatic carbocycles. The number of hydrogen-bond acceptors (Lipinski definition) is 3. The molecule has 1 heterocycles. The van der Waals surface area contributed by atoms with E-state index in [9.17, 15) is 9.18 Å².